The largest absolute Gasteiger partial charge is 0.464 e. The molecule has 102 valence electrons. The summed E-state index contributed by atoms with van der Waals surface area (Å²) in [6.07, 6.45) is 0.929. The van der Waals surface area contributed by atoms with Gasteiger partial charge in [0.15, 0.2) is 0 Å². The summed E-state index contributed by atoms with van der Waals surface area (Å²) in [5.41, 5.74) is 2.52. The van der Waals surface area contributed by atoms with E-state index in [1.54, 1.807) is 0 Å². The molecule has 1 N–H and O–H groups in total. The first kappa shape index (κ1) is 14.4. The van der Waals surface area contributed by atoms with E-state index < -0.39 is 0 Å². The Hall–Kier alpha value is -1.06. The van der Waals surface area contributed by atoms with Gasteiger partial charge >= 0.3 is 0 Å². The minimum atomic E-state index is 0.124. The molecule has 2 rings (SSSR count). The van der Waals surface area contributed by atoms with Gasteiger partial charge in [0.25, 0.3) is 0 Å². The fourth-order valence-electron chi connectivity index (χ4n) is 2.27. The van der Waals surface area contributed by atoms with Crippen LogP contribution in [0.5, 0.6) is 0 Å². The smallest absolute Gasteiger partial charge is 0.125 e. The molecule has 1 heterocycles. The van der Waals surface area contributed by atoms with Crippen molar-refractivity contribution in [3.63, 3.8) is 0 Å². The number of nitrogens with one attached hydrogen (secondary N) is 1. The van der Waals surface area contributed by atoms with Crippen LogP contribution < -0.4 is 5.32 Å². The number of aryl methyl sites for hydroxylation is 2. The molecule has 0 radical (unpaired) electrons. The van der Waals surface area contributed by atoms with Crippen LogP contribution in [0.4, 0.5) is 0 Å². The molecule has 2 nitrogen and oxygen atoms in total. The molecular weight excluding hydrogens is 302 g/mol. The molecule has 2 aromatic rings. The van der Waals surface area contributed by atoms with Crippen molar-refractivity contribution < 1.29 is 4.42 Å². The van der Waals surface area contributed by atoms with Crippen LogP contribution in [-0.4, -0.2) is 6.54 Å². The highest BCUT2D eigenvalue weighted by Crippen LogP contribution is 2.28. The molecule has 1 unspecified atom stereocenters. The summed E-state index contributed by atoms with van der Waals surface area (Å²) in [6, 6.07) is 10.6. The van der Waals surface area contributed by atoms with Gasteiger partial charge in [0.1, 0.15) is 11.5 Å². The standard InChI is InChI=1S/C16H20BrNO/c1-4-13-7-9-15(19-13)16(18-5-2)14-8-6-12(17)10-11(14)3/h6-10,16,18H,4-5H2,1-3H3. The molecule has 0 fully saturated rings. The van der Waals surface area contributed by atoms with Gasteiger partial charge in [-0.1, -0.05) is 35.8 Å². The lowest BCUT2D eigenvalue weighted by molar-refractivity contribution is 0.425. The topological polar surface area (TPSA) is 25.2 Å². The van der Waals surface area contributed by atoms with Gasteiger partial charge in [-0.25, -0.2) is 0 Å². The van der Waals surface area contributed by atoms with Crippen molar-refractivity contribution in [1.82, 2.24) is 5.32 Å². The Balaban J connectivity index is 2.38. The number of furan rings is 1. The van der Waals surface area contributed by atoms with E-state index in [0.29, 0.717) is 0 Å². The zero-order valence-electron chi connectivity index (χ0n) is 11.7. The molecule has 0 aliphatic heterocycles. The Morgan fingerprint density at radius 3 is 2.58 bits per heavy atom. The van der Waals surface area contributed by atoms with Crippen LogP contribution in [0, 0.1) is 6.92 Å². The quantitative estimate of drug-likeness (QED) is 0.869. The number of hydrogen-bond acceptors (Lipinski definition) is 2. The van der Waals surface area contributed by atoms with Crippen LogP contribution in [0.25, 0.3) is 0 Å². The molecule has 0 aliphatic carbocycles. The van der Waals surface area contributed by atoms with Gasteiger partial charge in [-0.05, 0) is 48.9 Å². The van der Waals surface area contributed by atoms with E-state index in [1.165, 1.54) is 11.1 Å². The highest BCUT2D eigenvalue weighted by atomic mass is 79.9. The lowest BCUT2D eigenvalue weighted by Crippen LogP contribution is -2.22. The molecular formula is C16H20BrNO. The number of benzene rings is 1. The molecule has 3 heteroatoms. The van der Waals surface area contributed by atoms with Crippen LogP contribution in [-0.2, 0) is 6.42 Å². The monoisotopic (exact) mass is 321 g/mol. The van der Waals surface area contributed by atoms with Crippen molar-refractivity contribution in [3.8, 4) is 0 Å². The average molecular weight is 322 g/mol. The van der Waals surface area contributed by atoms with Crippen molar-refractivity contribution in [3.05, 3.63) is 57.5 Å². The van der Waals surface area contributed by atoms with Crippen LogP contribution in [0.3, 0.4) is 0 Å². The molecule has 19 heavy (non-hydrogen) atoms. The summed E-state index contributed by atoms with van der Waals surface area (Å²) in [5, 5.41) is 3.50. The van der Waals surface area contributed by atoms with E-state index >= 15 is 0 Å². The Morgan fingerprint density at radius 1 is 1.21 bits per heavy atom. The minimum Gasteiger partial charge on any atom is -0.464 e. The SMILES string of the molecule is CCNC(c1ccc(CC)o1)c1ccc(Br)cc1C. The van der Waals surface area contributed by atoms with Gasteiger partial charge in [-0.15, -0.1) is 0 Å². The van der Waals surface area contributed by atoms with Gasteiger partial charge in [0.2, 0.25) is 0 Å². The average Bonchev–Trinajstić information content (AvgIpc) is 2.85. The third-order valence-electron chi connectivity index (χ3n) is 3.27. The number of halogens is 1. The van der Waals surface area contributed by atoms with Crippen molar-refractivity contribution >= 4 is 15.9 Å². The van der Waals surface area contributed by atoms with Crippen LogP contribution in [0.2, 0.25) is 0 Å². The summed E-state index contributed by atoms with van der Waals surface area (Å²) in [6.45, 7) is 7.26. The van der Waals surface area contributed by atoms with E-state index in [0.717, 1.165) is 29.0 Å². The zero-order valence-corrected chi connectivity index (χ0v) is 13.3. The third kappa shape index (κ3) is 3.28. The Kier molecular flexibility index (Phi) is 4.83. The maximum absolute atomic E-state index is 5.91. The van der Waals surface area contributed by atoms with Crippen LogP contribution >= 0.6 is 15.9 Å². The summed E-state index contributed by atoms with van der Waals surface area (Å²) < 4.78 is 7.02. The first-order valence-corrected chi connectivity index (χ1v) is 7.53. The van der Waals surface area contributed by atoms with Gasteiger partial charge < -0.3 is 9.73 Å². The van der Waals surface area contributed by atoms with Crippen molar-refractivity contribution in [1.29, 1.82) is 0 Å². The van der Waals surface area contributed by atoms with Crippen molar-refractivity contribution in [2.45, 2.75) is 33.2 Å². The molecule has 0 aliphatic rings. The van der Waals surface area contributed by atoms with E-state index in [1.807, 2.05) is 0 Å². The minimum absolute atomic E-state index is 0.124. The fraction of sp³-hybridized carbons (Fsp3) is 0.375. The molecule has 0 bridgehead atoms. The maximum Gasteiger partial charge on any atom is 0.125 e. The second kappa shape index (κ2) is 6.40. The molecule has 0 saturated heterocycles. The zero-order chi connectivity index (χ0) is 13.8. The van der Waals surface area contributed by atoms with Crippen LogP contribution in [0.1, 0.15) is 42.5 Å². The lowest BCUT2D eigenvalue weighted by atomic mass is 9.99. The molecule has 0 spiro atoms. The van der Waals surface area contributed by atoms with Crippen LogP contribution in [0.15, 0.2) is 39.2 Å². The lowest BCUT2D eigenvalue weighted by Gasteiger charge is -2.18. The summed E-state index contributed by atoms with van der Waals surface area (Å²) in [7, 11) is 0. The highest BCUT2D eigenvalue weighted by Gasteiger charge is 2.18. The Bertz CT molecular complexity index is 547. The second-order valence-corrected chi connectivity index (χ2v) is 5.56. The van der Waals surface area contributed by atoms with E-state index in [2.05, 4.69) is 72.3 Å². The molecule has 1 atom stereocenters. The van der Waals surface area contributed by atoms with Gasteiger partial charge in [-0.3, -0.25) is 0 Å². The summed E-state index contributed by atoms with van der Waals surface area (Å²) in [5.74, 6) is 2.02. The predicted octanol–water partition coefficient (Wildman–Crippen LogP) is 4.61. The Labute approximate surface area is 123 Å². The van der Waals surface area contributed by atoms with Gasteiger partial charge in [-0.2, -0.15) is 0 Å². The number of hydrogen-bond donors (Lipinski definition) is 1. The molecule has 0 amide bonds. The van der Waals surface area contributed by atoms with E-state index in [4.69, 9.17) is 4.42 Å². The second-order valence-electron chi connectivity index (χ2n) is 4.65. The highest BCUT2D eigenvalue weighted by molar-refractivity contribution is 9.10. The fourth-order valence-corrected chi connectivity index (χ4v) is 2.75. The molecule has 1 aromatic carbocycles. The first-order valence-electron chi connectivity index (χ1n) is 6.73. The molecule has 1 aromatic heterocycles. The van der Waals surface area contributed by atoms with Gasteiger partial charge in [0, 0.05) is 10.9 Å². The Morgan fingerprint density at radius 2 is 2.00 bits per heavy atom. The van der Waals surface area contributed by atoms with Crippen molar-refractivity contribution in [2.75, 3.05) is 6.54 Å². The normalized spacial score (nSPS) is 12.6. The first-order chi connectivity index (χ1) is 9.15. The third-order valence-corrected chi connectivity index (χ3v) is 3.76. The molecule has 0 saturated carbocycles. The maximum atomic E-state index is 5.91. The van der Waals surface area contributed by atoms with Crippen molar-refractivity contribution in [2.24, 2.45) is 0 Å². The number of rotatable bonds is 5. The summed E-state index contributed by atoms with van der Waals surface area (Å²) in [4.78, 5) is 0. The van der Waals surface area contributed by atoms with E-state index in [9.17, 15) is 0 Å². The van der Waals surface area contributed by atoms with Gasteiger partial charge in [0.05, 0.1) is 6.04 Å². The predicted molar refractivity (Wildman–Crippen MR) is 82.5 cm³/mol. The summed E-state index contributed by atoms with van der Waals surface area (Å²) >= 11 is 3.51. The van der Waals surface area contributed by atoms with E-state index in [-0.39, 0.29) is 6.04 Å².